The number of hydrogen-bond acceptors (Lipinski definition) is 5. The summed E-state index contributed by atoms with van der Waals surface area (Å²) in [4.78, 5) is 25.2. The van der Waals surface area contributed by atoms with Crippen LogP contribution in [-0.2, 0) is 20.9 Å². The number of ether oxygens (including phenoxy) is 3. The van der Waals surface area contributed by atoms with Crippen LogP contribution < -0.4 is 9.47 Å². The number of rotatable bonds is 10. The minimum atomic E-state index is -1.48. The number of carboxylic acids is 1. The SMILES string of the molecule is COc1ccc(COc2ccc(C(C(=O)O)C(=O)OC(c3ccccc3)c3ccccc3)cc2)cc1. The Labute approximate surface area is 209 Å². The molecule has 0 saturated heterocycles. The van der Waals surface area contributed by atoms with Crippen LogP contribution in [0.2, 0.25) is 0 Å². The molecule has 0 amide bonds. The van der Waals surface area contributed by atoms with Crippen LogP contribution in [0.25, 0.3) is 0 Å². The van der Waals surface area contributed by atoms with Gasteiger partial charge < -0.3 is 19.3 Å². The van der Waals surface area contributed by atoms with Crippen molar-refractivity contribution in [1.82, 2.24) is 0 Å². The summed E-state index contributed by atoms with van der Waals surface area (Å²) in [5.74, 6) is -2.29. The Hall–Kier alpha value is -4.58. The van der Waals surface area contributed by atoms with Gasteiger partial charge in [0.05, 0.1) is 7.11 Å². The molecule has 4 rings (SSSR count). The Bertz CT molecular complexity index is 1230. The third-order valence-electron chi connectivity index (χ3n) is 5.70. The van der Waals surface area contributed by atoms with Gasteiger partial charge >= 0.3 is 11.9 Å². The summed E-state index contributed by atoms with van der Waals surface area (Å²) in [6.07, 6.45) is -0.728. The van der Waals surface area contributed by atoms with Crippen LogP contribution in [0.15, 0.2) is 109 Å². The lowest BCUT2D eigenvalue weighted by Gasteiger charge is -2.21. The molecule has 1 unspecified atom stereocenters. The molecule has 0 aliphatic rings. The first-order chi connectivity index (χ1) is 17.5. The zero-order valence-corrected chi connectivity index (χ0v) is 19.7. The van der Waals surface area contributed by atoms with E-state index in [0.717, 1.165) is 22.4 Å². The van der Waals surface area contributed by atoms with Crippen molar-refractivity contribution in [3.05, 3.63) is 131 Å². The van der Waals surface area contributed by atoms with Crippen LogP contribution in [0.4, 0.5) is 0 Å². The fraction of sp³-hybridized carbons (Fsp3) is 0.133. The molecule has 6 nitrogen and oxygen atoms in total. The Balaban J connectivity index is 1.49. The van der Waals surface area contributed by atoms with Crippen LogP contribution >= 0.6 is 0 Å². The maximum absolute atomic E-state index is 13.1. The molecule has 0 saturated carbocycles. The molecule has 0 aliphatic carbocycles. The highest BCUT2D eigenvalue weighted by Crippen LogP contribution is 2.30. The van der Waals surface area contributed by atoms with Gasteiger partial charge in [-0.05, 0) is 46.5 Å². The van der Waals surface area contributed by atoms with E-state index >= 15 is 0 Å². The highest BCUT2D eigenvalue weighted by atomic mass is 16.5. The van der Waals surface area contributed by atoms with E-state index in [2.05, 4.69) is 0 Å². The summed E-state index contributed by atoms with van der Waals surface area (Å²) >= 11 is 0. The predicted octanol–water partition coefficient (Wildman–Crippen LogP) is 5.78. The van der Waals surface area contributed by atoms with E-state index in [9.17, 15) is 14.7 Å². The van der Waals surface area contributed by atoms with Crippen LogP contribution in [0.5, 0.6) is 11.5 Å². The number of hydrogen-bond donors (Lipinski definition) is 1. The van der Waals surface area contributed by atoms with Gasteiger partial charge in [0.25, 0.3) is 0 Å². The Morgan fingerprint density at radius 1 is 0.694 bits per heavy atom. The maximum Gasteiger partial charge on any atom is 0.325 e. The first-order valence-corrected chi connectivity index (χ1v) is 11.4. The summed E-state index contributed by atoms with van der Waals surface area (Å²) in [7, 11) is 1.61. The number of carbonyl (C=O) groups excluding carboxylic acids is 1. The number of carbonyl (C=O) groups is 2. The molecule has 0 fully saturated rings. The van der Waals surface area contributed by atoms with Crippen molar-refractivity contribution in [2.75, 3.05) is 7.11 Å². The minimum absolute atomic E-state index is 0.309. The second-order valence-electron chi connectivity index (χ2n) is 8.12. The predicted molar refractivity (Wildman–Crippen MR) is 135 cm³/mol. The molecule has 1 N–H and O–H groups in total. The molecule has 0 bridgehead atoms. The lowest BCUT2D eigenvalue weighted by Crippen LogP contribution is -2.25. The lowest BCUT2D eigenvalue weighted by atomic mass is 9.98. The molecule has 182 valence electrons. The lowest BCUT2D eigenvalue weighted by molar-refractivity contribution is -0.156. The Morgan fingerprint density at radius 2 is 1.22 bits per heavy atom. The van der Waals surface area contributed by atoms with Gasteiger partial charge in [-0.2, -0.15) is 0 Å². The minimum Gasteiger partial charge on any atom is -0.497 e. The third kappa shape index (κ3) is 6.10. The van der Waals surface area contributed by atoms with Crippen LogP contribution in [0.3, 0.4) is 0 Å². The van der Waals surface area contributed by atoms with Crippen molar-refractivity contribution in [1.29, 1.82) is 0 Å². The van der Waals surface area contributed by atoms with E-state index in [-0.39, 0.29) is 0 Å². The quantitative estimate of drug-likeness (QED) is 0.228. The van der Waals surface area contributed by atoms with E-state index in [4.69, 9.17) is 14.2 Å². The van der Waals surface area contributed by atoms with Gasteiger partial charge in [0.2, 0.25) is 0 Å². The summed E-state index contributed by atoms with van der Waals surface area (Å²) in [5, 5.41) is 9.87. The number of aliphatic carboxylic acids is 1. The topological polar surface area (TPSA) is 82.1 Å². The molecule has 1 atom stereocenters. The molecule has 36 heavy (non-hydrogen) atoms. The van der Waals surface area contributed by atoms with E-state index < -0.39 is 24.0 Å². The average molecular weight is 483 g/mol. The first-order valence-electron chi connectivity index (χ1n) is 11.4. The summed E-state index contributed by atoms with van der Waals surface area (Å²) in [5.41, 5.74) is 2.77. The highest BCUT2D eigenvalue weighted by Gasteiger charge is 2.32. The van der Waals surface area contributed by atoms with E-state index in [1.165, 1.54) is 0 Å². The highest BCUT2D eigenvalue weighted by molar-refractivity contribution is 6.00. The fourth-order valence-corrected chi connectivity index (χ4v) is 3.79. The molecule has 0 heterocycles. The monoisotopic (exact) mass is 482 g/mol. The number of carboxylic acid groups (broad SMARTS) is 1. The van der Waals surface area contributed by atoms with Crippen LogP contribution in [0, 0.1) is 0 Å². The first kappa shape index (κ1) is 24.5. The van der Waals surface area contributed by atoms with Gasteiger partial charge in [0, 0.05) is 0 Å². The van der Waals surface area contributed by atoms with Gasteiger partial charge in [-0.25, -0.2) is 0 Å². The second-order valence-corrected chi connectivity index (χ2v) is 8.12. The molecular weight excluding hydrogens is 456 g/mol. The molecule has 0 aliphatic heterocycles. The third-order valence-corrected chi connectivity index (χ3v) is 5.70. The van der Waals surface area contributed by atoms with Crippen molar-refractivity contribution in [3.8, 4) is 11.5 Å². The summed E-state index contributed by atoms with van der Waals surface area (Å²) in [6, 6.07) is 32.4. The zero-order chi connectivity index (χ0) is 25.3. The average Bonchev–Trinajstić information content (AvgIpc) is 2.92. The Kier molecular flexibility index (Phi) is 7.98. The summed E-state index contributed by atoms with van der Waals surface area (Å²) in [6.45, 7) is 0.337. The van der Waals surface area contributed by atoms with E-state index in [0.29, 0.717) is 17.9 Å². The summed E-state index contributed by atoms with van der Waals surface area (Å²) < 4.78 is 16.7. The molecule has 4 aromatic rings. The van der Waals surface area contributed by atoms with E-state index in [1.54, 1.807) is 31.4 Å². The smallest absolute Gasteiger partial charge is 0.325 e. The largest absolute Gasteiger partial charge is 0.497 e. The van der Waals surface area contributed by atoms with Crippen LogP contribution in [-0.4, -0.2) is 24.2 Å². The number of methoxy groups -OCH3 is 1. The van der Waals surface area contributed by atoms with Crippen molar-refractivity contribution in [2.45, 2.75) is 18.6 Å². The van der Waals surface area contributed by atoms with Gasteiger partial charge in [0.1, 0.15) is 18.1 Å². The fourth-order valence-electron chi connectivity index (χ4n) is 3.79. The van der Waals surface area contributed by atoms with E-state index in [1.807, 2.05) is 84.9 Å². The van der Waals surface area contributed by atoms with Gasteiger partial charge in [-0.15, -0.1) is 0 Å². The molecular formula is C30H26O6. The molecule has 0 spiro atoms. The van der Waals surface area contributed by atoms with Crippen molar-refractivity contribution >= 4 is 11.9 Å². The Morgan fingerprint density at radius 3 is 1.72 bits per heavy atom. The number of esters is 1. The molecule has 6 heteroatoms. The molecule has 0 radical (unpaired) electrons. The maximum atomic E-state index is 13.1. The van der Waals surface area contributed by atoms with Crippen molar-refractivity contribution < 1.29 is 28.9 Å². The second kappa shape index (κ2) is 11.7. The van der Waals surface area contributed by atoms with Gasteiger partial charge in [0.15, 0.2) is 12.0 Å². The number of benzene rings is 4. The van der Waals surface area contributed by atoms with Gasteiger partial charge in [-0.3, -0.25) is 9.59 Å². The van der Waals surface area contributed by atoms with Crippen molar-refractivity contribution in [3.63, 3.8) is 0 Å². The van der Waals surface area contributed by atoms with Crippen molar-refractivity contribution in [2.24, 2.45) is 0 Å². The zero-order valence-electron chi connectivity index (χ0n) is 19.7. The van der Waals surface area contributed by atoms with Crippen LogP contribution in [0.1, 0.15) is 34.3 Å². The normalized spacial score (nSPS) is 11.5. The molecule has 4 aromatic carbocycles. The molecule has 0 aromatic heterocycles. The van der Waals surface area contributed by atoms with Gasteiger partial charge in [-0.1, -0.05) is 84.9 Å². The standard InChI is InChI=1S/C30H26O6/c1-34-25-16-12-21(13-17-25)20-35-26-18-14-22(15-19-26)27(29(31)32)30(33)36-28(23-8-4-2-5-9-23)24-10-6-3-7-11-24/h2-19,27-28H,20H2,1H3,(H,31,32).